The fourth-order valence-corrected chi connectivity index (χ4v) is 5.80. The molecule has 7 nitrogen and oxygen atoms in total. The summed E-state index contributed by atoms with van der Waals surface area (Å²) in [7, 11) is 0. The maximum absolute atomic E-state index is 15.8. The number of carbonyl (C=O) groups excluding carboxylic acids is 1. The summed E-state index contributed by atoms with van der Waals surface area (Å²) in [5.41, 5.74) is 0.936. The lowest BCUT2D eigenvalue weighted by Gasteiger charge is -2.43. The first kappa shape index (κ1) is 33.8. The number of hydrogen-bond donors (Lipinski definition) is 1. The number of ether oxygens (including phenoxy) is 4. The highest BCUT2D eigenvalue weighted by molar-refractivity contribution is 5.85. The van der Waals surface area contributed by atoms with E-state index in [9.17, 15) is 9.18 Å². The van der Waals surface area contributed by atoms with Gasteiger partial charge in [0.05, 0.1) is 19.3 Å². The number of nitrogens with one attached hydrogen (secondary N) is 1. The maximum atomic E-state index is 15.8. The number of para-hydroxylation sites is 1. The predicted molar refractivity (Wildman–Crippen MR) is 164 cm³/mol. The number of fused-ring (bicyclic) bond motifs is 3. The topological polar surface area (TPSA) is 73.0 Å². The zero-order chi connectivity index (χ0) is 31.7. The average molecular weight is 619 g/mol. The van der Waals surface area contributed by atoms with Crippen molar-refractivity contribution in [1.29, 1.82) is 0 Å². The van der Waals surface area contributed by atoms with Gasteiger partial charge in [-0.25, -0.2) is 18.0 Å². The van der Waals surface area contributed by atoms with Gasteiger partial charge in [0.25, 0.3) is 0 Å². The highest BCUT2D eigenvalue weighted by atomic mass is 19.1. The maximum Gasteiger partial charge on any atom is 0.332 e. The van der Waals surface area contributed by atoms with Crippen molar-refractivity contribution >= 4 is 16.9 Å². The number of aromatic amines is 1. The molecule has 0 aliphatic carbocycles. The fourth-order valence-electron chi connectivity index (χ4n) is 5.80. The molecule has 1 aliphatic rings. The molecular formula is C34H45F3N2O5. The van der Waals surface area contributed by atoms with Gasteiger partial charge in [-0.1, -0.05) is 18.2 Å². The Labute approximate surface area is 258 Å². The van der Waals surface area contributed by atoms with Gasteiger partial charge in [-0.15, -0.1) is 0 Å². The van der Waals surface area contributed by atoms with E-state index < -0.39 is 23.3 Å². The molecule has 0 spiro atoms. The van der Waals surface area contributed by atoms with Crippen LogP contribution >= 0.6 is 0 Å². The van der Waals surface area contributed by atoms with Gasteiger partial charge in [-0.3, -0.25) is 4.90 Å². The third kappa shape index (κ3) is 8.99. The number of alkyl halides is 1. The molecule has 1 aromatic heterocycles. The molecule has 0 saturated carbocycles. The Hall–Kier alpha value is -3.08. The van der Waals surface area contributed by atoms with Crippen LogP contribution < -0.4 is 4.74 Å². The van der Waals surface area contributed by atoms with Crippen LogP contribution in [0.25, 0.3) is 10.9 Å². The SMILES string of the molecule is CCOC(=O)COCCCOCCCCCOc1cc(F)c([C@@H]2c3[nH]c4ccccc4c3C[C@@H](C)N2CC(C)(C)F)c(F)c1. The number of carbonyl (C=O) groups is 1. The molecule has 0 radical (unpaired) electrons. The van der Waals surface area contributed by atoms with E-state index in [1.54, 1.807) is 6.92 Å². The Balaban J connectivity index is 1.31. The Morgan fingerprint density at radius 3 is 2.41 bits per heavy atom. The van der Waals surface area contributed by atoms with Gasteiger partial charge in [0.1, 0.15) is 29.7 Å². The second-order valence-electron chi connectivity index (χ2n) is 11.9. The van der Waals surface area contributed by atoms with Crippen molar-refractivity contribution in [2.24, 2.45) is 0 Å². The monoisotopic (exact) mass is 618 g/mol. The van der Waals surface area contributed by atoms with Crippen LogP contribution in [0.2, 0.25) is 0 Å². The van der Waals surface area contributed by atoms with E-state index in [2.05, 4.69) is 4.98 Å². The summed E-state index contributed by atoms with van der Waals surface area (Å²) >= 11 is 0. The van der Waals surface area contributed by atoms with Crippen LogP contribution in [0.5, 0.6) is 5.75 Å². The number of esters is 1. The van der Waals surface area contributed by atoms with Crippen LogP contribution in [0.1, 0.15) is 76.2 Å². The zero-order valence-electron chi connectivity index (χ0n) is 26.2. The first-order chi connectivity index (χ1) is 21.1. The number of hydrogen-bond acceptors (Lipinski definition) is 6. The number of nitrogens with zero attached hydrogens (tertiary/aromatic N) is 1. The highest BCUT2D eigenvalue weighted by Crippen LogP contribution is 2.43. The van der Waals surface area contributed by atoms with Gasteiger partial charge >= 0.3 is 5.97 Å². The van der Waals surface area contributed by atoms with Gasteiger partial charge in [-0.05, 0) is 71.4 Å². The molecule has 44 heavy (non-hydrogen) atoms. The summed E-state index contributed by atoms with van der Waals surface area (Å²) in [6.45, 7) is 8.86. The van der Waals surface area contributed by atoms with Crippen LogP contribution in [0.15, 0.2) is 36.4 Å². The van der Waals surface area contributed by atoms with E-state index in [4.69, 9.17) is 18.9 Å². The van der Waals surface area contributed by atoms with Crippen LogP contribution in [0.4, 0.5) is 13.2 Å². The molecule has 2 atom stereocenters. The molecule has 3 aromatic rings. The van der Waals surface area contributed by atoms with Crippen molar-refractivity contribution in [2.45, 2.75) is 77.6 Å². The summed E-state index contributed by atoms with van der Waals surface area (Å²) in [5.74, 6) is -1.68. The summed E-state index contributed by atoms with van der Waals surface area (Å²) < 4.78 is 67.8. The Morgan fingerprint density at radius 2 is 1.68 bits per heavy atom. The molecule has 4 rings (SSSR count). The minimum atomic E-state index is -1.56. The van der Waals surface area contributed by atoms with Crippen molar-refractivity contribution in [1.82, 2.24) is 9.88 Å². The first-order valence-electron chi connectivity index (χ1n) is 15.6. The zero-order valence-corrected chi connectivity index (χ0v) is 26.2. The van der Waals surface area contributed by atoms with Crippen LogP contribution in [0.3, 0.4) is 0 Å². The van der Waals surface area contributed by atoms with Gasteiger partial charge in [0, 0.05) is 66.7 Å². The number of unbranched alkanes of at least 4 members (excludes halogenated alkanes) is 2. The first-order valence-corrected chi connectivity index (χ1v) is 15.6. The smallest absolute Gasteiger partial charge is 0.332 e. The summed E-state index contributed by atoms with van der Waals surface area (Å²) in [5, 5.41) is 1.02. The fraction of sp³-hybridized carbons (Fsp3) is 0.559. The van der Waals surface area contributed by atoms with Crippen LogP contribution in [-0.2, 0) is 25.4 Å². The molecule has 0 saturated heterocycles. The Kier molecular flexibility index (Phi) is 12.1. The normalized spacial score (nSPS) is 17.2. The van der Waals surface area contributed by atoms with Crippen molar-refractivity contribution in [3.8, 4) is 5.75 Å². The molecule has 10 heteroatoms. The van der Waals surface area contributed by atoms with E-state index in [1.807, 2.05) is 36.1 Å². The van der Waals surface area contributed by atoms with Gasteiger partial charge < -0.3 is 23.9 Å². The Morgan fingerprint density at radius 1 is 1.00 bits per heavy atom. The standard InChI is InChI=1S/C34H45F3N2O5/c1-5-43-30(40)21-42-16-11-15-41-14-9-6-10-17-44-24-19-27(35)31(28(36)20-24)33-32-26(25-12-7-8-13-29(25)38-32)18-23(2)39(33)22-34(3,4)37/h7-8,12-13,19-20,23,33,38H,5-6,9-11,14-18,21-22H2,1-4H3/t23-,33-/m1/s1. The molecule has 1 N–H and O–H groups in total. The number of H-pyrrole nitrogens is 1. The van der Waals surface area contributed by atoms with E-state index in [1.165, 1.54) is 26.0 Å². The minimum absolute atomic E-state index is 0.0255. The van der Waals surface area contributed by atoms with Crippen molar-refractivity contribution < 1.29 is 36.9 Å². The average Bonchev–Trinajstić information content (AvgIpc) is 3.32. The number of rotatable bonds is 17. The van der Waals surface area contributed by atoms with E-state index >= 15 is 8.78 Å². The lowest BCUT2D eigenvalue weighted by molar-refractivity contribution is -0.148. The van der Waals surface area contributed by atoms with E-state index in [0.29, 0.717) is 58.0 Å². The molecule has 242 valence electrons. The lowest BCUT2D eigenvalue weighted by Crippen LogP contribution is -2.48. The number of benzene rings is 2. The van der Waals surface area contributed by atoms with Crippen LogP contribution in [0, 0.1) is 11.6 Å². The highest BCUT2D eigenvalue weighted by Gasteiger charge is 2.41. The minimum Gasteiger partial charge on any atom is -0.493 e. The van der Waals surface area contributed by atoms with Gasteiger partial charge in [0.2, 0.25) is 0 Å². The van der Waals surface area contributed by atoms with Crippen LogP contribution in [-0.4, -0.2) is 73.7 Å². The molecule has 2 heterocycles. The quantitative estimate of drug-likeness (QED) is 0.129. The van der Waals surface area contributed by atoms with Crippen molar-refractivity contribution in [2.75, 3.05) is 46.2 Å². The third-order valence-corrected chi connectivity index (χ3v) is 7.71. The molecule has 0 amide bonds. The molecule has 0 bridgehead atoms. The lowest BCUT2D eigenvalue weighted by atomic mass is 9.87. The molecule has 0 unspecified atom stereocenters. The molecule has 2 aromatic carbocycles. The number of halogens is 3. The summed E-state index contributed by atoms with van der Waals surface area (Å²) in [6, 6.07) is 9.32. The van der Waals surface area contributed by atoms with Crippen molar-refractivity contribution in [3.05, 3.63) is 64.9 Å². The molecule has 0 fully saturated rings. The molecular weight excluding hydrogens is 573 g/mol. The number of aromatic nitrogens is 1. The largest absolute Gasteiger partial charge is 0.493 e. The summed E-state index contributed by atoms with van der Waals surface area (Å²) in [6.07, 6.45) is 3.68. The predicted octanol–water partition coefficient (Wildman–Crippen LogP) is 7.07. The van der Waals surface area contributed by atoms with E-state index in [0.717, 1.165) is 29.3 Å². The van der Waals surface area contributed by atoms with Crippen molar-refractivity contribution in [3.63, 3.8) is 0 Å². The van der Waals surface area contributed by atoms with Gasteiger partial charge in [0.15, 0.2) is 0 Å². The van der Waals surface area contributed by atoms with Gasteiger partial charge in [-0.2, -0.15) is 0 Å². The third-order valence-electron chi connectivity index (χ3n) is 7.71. The summed E-state index contributed by atoms with van der Waals surface area (Å²) in [4.78, 5) is 16.5. The Bertz CT molecular complexity index is 1350. The molecule has 1 aliphatic heterocycles. The second kappa shape index (κ2) is 15.8. The second-order valence-corrected chi connectivity index (χ2v) is 11.9. The van der Waals surface area contributed by atoms with E-state index in [-0.39, 0.29) is 36.5 Å².